The Morgan fingerprint density at radius 2 is 2.00 bits per heavy atom. The van der Waals surface area contributed by atoms with E-state index >= 15 is 0 Å². The molecule has 0 aliphatic carbocycles. The molecule has 1 amide bonds. The average molecular weight is 435 g/mol. The van der Waals surface area contributed by atoms with Crippen molar-refractivity contribution in [2.75, 3.05) is 18.5 Å². The summed E-state index contributed by atoms with van der Waals surface area (Å²) in [5, 5.41) is 7.87. The van der Waals surface area contributed by atoms with Gasteiger partial charge in [0.05, 0.1) is 18.2 Å². The minimum atomic E-state index is -0.101. The molecule has 152 valence electrons. The maximum absolute atomic E-state index is 12.1. The first kappa shape index (κ1) is 21.0. The minimum Gasteiger partial charge on any atom is -0.492 e. The van der Waals surface area contributed by atoms with Crippen molar-refractivity contribution in [3.63, 3.8) is 0 Å². The zero-order valence-electron chi connectivity index (χ0n) is 15.6. The Morgan fingerprint density at radius 1 is 1.10 bits per heavy atom. The van der Waals surface area contributed by atoms with Gasteiger partial charge in [-0.1, -0.05) is 29.3 Å². The highest BCUT2D eigenvalue weighted by molar-refractivity contribution is 6.35. The van der Waals surface area contributed by atoms with E-state index in [1.165, 1.54) is 6.33 Å². The molecule has 29 heavy (non-hydrogen) atoms. The lowest BCUT2D eigenvalue weighted by atomic mass is 10.2. The molecule has 3 rings (SSSR count). The SMILES string of the molecule is O=C(CCCOc1ccc(Cl)cc1Cl)Nc1cccc(OCCn2cncn2)c1. The van der Waals surface area contributed by atoms with Crippen LogP contribution in [0.1, 0.15) is 12.8 Å². The number of aromatic nitrogens is 3. The Kier molecular flexibility index (Phi) is 7.72. The minimum absolute atomic E-state index is 0.101. The molecule has 0 fully saturated rings. The lowest BCUT2D eigenvalue weighted by Gasteiger charge is -2.10. The van der Waals surface area contributed by atoms with Crippen molar-refractivity contribution < 1.29 is 14.3 Å². The van der Waals surface area contributed by atoms with E-state index in [1.807, 2.05) is 18.2 Å². The molecule has 0 spiro atoms. The summed E-state index contributed by atoms with van der Waals surface area (Å²) in [6.07, 6.45) is 3.98. The molecule has 9 heteroatoms. The summed E-state index contributed by atoms with van der Waals surface area (Å²) in [4.78, 5) is 16.0. The van der Waals surface area contributed by atoms with Crippen LogP contribution in [0.4, 0.5) is 5.69 Å². The lowest BCUT2D eigenvalue weighted by molar-refractivity contribution is -0.116. The van der Waals surface area contributed by atoms with E-state index in [9.17, 15) is 4.79 Å². The maximum atomic E-state index is 12.1. The van der Waals surface area contributed by atoms with Crippen LogP contribution in [0.5, 0.6) is 11.5 Å². The fourth-order valence-electron chi connectivity index (χ4n) is 2.50. The summed E-state index contributed by atoms with van der Waals surface area (Å²) in [5.74, 6) is 1.12. The standard InChI is InChI=1S/C20H20Cl2N4O3/c21-15-6-7-19(18(22)11-15)29-9-2-5-20(27)25-16-3-1-4-17(12-16)28-10-8-26-14-23-13-24-26/h1,3-4,6-7,11-14H,2,5,8-10H2,(H,25,27). The molecule has 0 unspecified atom stereocenters. The van der Waals surface area contributed by atoms with Crippen LogP contribution < -0.4 is 14.8 Å². The van der Waals surface area contributed by atoms with Crippen molar-refractivity contribution in [1.82, 2.24) is 14.8 Å². The number of nitrogens with zero attached hydrogens (tertiary/aromatic N) is 3. The van der Waals surface area contributed by atoms with Crippen molar-refractivity contribution >= 4 is 34.8 Å². The summed E-state index contributed by atoms with van der Waals surface area (Å²) in [6.45, 7) is 1.42. The fraction of sp³-hybridized carbons (Fsp3) is 0.250. The second-order valence-corrected chi connectivity index (χ2v) is 6.95. The number of nitrogens with one attached hydrogen (secondary N) is 1. The van der Waals surface area contributed by atoms with Crippen molar-refractivity contribution in [3.05, 3.63) is 65.2 Å². The van der Waals surface area contributed by atoms with Gasteiger partial charge in [-0.3, -0.25) is 4.79 Å². The van der Waals surface area contributed by atoms with E-state index in [0.717, 1.165) is 0 Å². The van der Waals surface area contributed by atoms with Gasteiger partial charge in [0.25, 0.3) is 0 Å². The van der Waals surface area contributed by atoms with Crippen LogP contribution in [0.2, 0.25) is 10.0 Å². The molecule has 0 saturated heterocycles. The number of halogens is 2. The molecule has 0 bridgehead atoms. The van der Waals surface area contributed by atoms with Gasteiger partial charge in [0, 0.05) is 23.2 Å². The Balaban J connectivity index is 1.38. The van der Waals surface area contributed by atoms with Gasteiger partial charge >= 0.3 is 0 Å². The van der Waals surface area contributed by atoms with Gasteiger partial charge in [0.1, 0.15) is 30.8 Å². The lowest BCUT2D eigenvalue weighted by Crippen LogP contribution is -2.13. The molecule has 1 aromatic heterocycles. The van der Waals surface area contributed by atoms with Gasteiger partial charge in [-0.05, 0) is 36.8 Å². The normalized spacial score (nSPS) is 10.6. The van der Waals surface area contributed by atoms with Crippen LogP contribution >= 0.6 is 23.2 Å². The molecule has 0 saturated carbocycles. The van der Waals surface area contributed by atoms with Crippen molar-refractivity contribution in [1.29, 1.82) is 0 Å². The molecule has 0 aliphatic heterocycles. The number of amides is 1. The third-order valence-electron chi connectivity index (χ3n) is 3.87. The number of hydrogen-bond donors (Lipinski definition) is 1. The largest absolute Gasteiger partial charge is 0.492 e. The van der Waals surface area contributed by atoms with Gasteiger partial charge in [-0.2, -0.15) is 5.10 Å². The van der Waals surface area contributed by atoms with Gasteiger partial charge < -0.3 is 14.8 Å². The number of hydrogen-bond acceptors (Lipinski definition) is 5. The van der Waals surface area contributed by atoms with Gasteiger partial charge in [0.15, 0.2) is 0 Å². The Hall–Kier alpha value is -2.77. The predicted octanol–water partition coefficient (Wildman–Crippen LogP) is 4.46. The number of rotatable bonds is 10. The molecule has 1 heterocycles. The Labute approximate surface area is 178 Å². The van der Waals surface area contributed by atoms with Crippen LogP contribution in [0.15, 0.2) is 55.1 Å². The van der Waals surface area contributed by atoms with Crippen molar-refractivity contribution in [2.45, 2.75) is 19.4 Å². The van der Waals surface area contributed by atoms with E-state index < -0.39 is 0 Å². The summed E-state index contributed by atoms with van der Waals surface area (Å²) in [6, 6.07) is 12.3. The highest BCUT2D eigenvalue weighted by Gasteiger charge is 2.06. The predicted molar refractivity (Wildman–Crippen MR) is 112 cm³/mol. The second kappa shape index (κ2) is 10.7. The van der Waals surface area contributed by atoms with Crippen LogP contribution in [-0.4, -0.2) is 33.9 Å². The summed E-state index contributed by atoms with van der Waals surface area (Å²) >= 11 is 11.9. The van der Waals surface area contributed by atoms with Crippen LogP contribution in [0.25, 0.3) is 0 Å². The number of carbonyl (C=O) groups excluding carboxylic acids is 1. The third-order valence-corrected chi connectivity index (χ3v) is 4.40. The van der Waals surface area contributed by atoms with Crippen molar-refractivity contribution in [2.24, 2.45) is 0 Å². The summed E-state index contributed by atoms with van der Waals surface area (Å²) in [7, 11) is 0. The van der Waals surface area contributed by atoms with Crippen LogP contribution in [-0.2, 0) is 11.3 Å². The molecule has 0 radical (unpaired) electrons. The monoisotopic (exact) mass is 434 g/mol. The highest BCUT2D eigenvalue weighted by atomic mass is 35.5. The molecule has 7 nitrogen and oxygen atoms in total. The van der Waals surface area contributed by atoms with E-state index in [0.29, 0.717) is 59.8 Å². The number of benzene rings is 2. The van der Waals surface area contributed by atoms with Crippen molar-refractivity contribution in [3.8, 4) is 11.5 Å². The Bertz CT molecular complexity index is 935. The van der Waals surface area contributed by atoms with Gasteiger partial charge in [-0.15, -0.1) is 0 Å². The number of carbonyl (C=O) groups is 1. The Morgan fingerprint density at radius 3 is 2.79 bits per heavy atom. The average Bonchev–Trinajstić information content (AvgIpc) is 3.20. The fourth-order valence-corrected chi connectivity index (χ4v) is 2.96. The van der Waals surface area contributed by atoms with E-state index in [2.05, 4.69) is 15.4 Å². The van der Waals surface area contributed by atoms with E-state index in [1.54, 1.807) is 35.3 Å². The topological polar surface area (TPSA) is 78.3 Å². The number of ether oxygens (including phenoxy) is 2. The van der Waals surface area contributed by atoms with Gasteiger partial charge in [0.2, 0.25) is 5.91 Å². The third kappa shape index (κ3) is 6.96. The van der Waals surface area contributed by atoms with E-state index in [-0.39, 0.29) is 5.91 Å². The molecule has 0 atom stereocenters. The van der Waals surface area contributed by atoms with Crippen LogP contribution in [0.3, 0.4) is 0 Å². The molecular weight excluding hydrogens is 415 g/mol. The van der Waals surface area contributed by atoms with Crippen LogP contribution in [0, 0.1) is 0 Å². The maximum Gasteiger partial charge on any atom is 0.224 e. The molecular formula is C20H20Cl2N4O3. The molecule has 1 N–H and O–H groups in total. The number of anilines is 1. The molecule has 2 aromatic carbocycles. The second-order valence-electron chi connectivity index (χ2n) is 6.11. The first-order chi connectivity index (χ1) is 14.1. The van der Waals surface area contributed by atoms with Gasteiger partial charge in [-0.25, -0.2) is 9.67 Å². The molecule has 0 aliphatic rings. The smallest absolute Gasteiger partial charge is 0.224 e. The molecule has 3 aromatic rings. The first-order valence-corrected chi connectivity index (χ1v) is 9.79. The first-order valence-electron chi connectivity index (χ1n) is 9.03. The van der Waals surface area contributed by atoms with E-state index in [4.69, 9.17) is 32.7 Å². The highest BCUT2D eigenvalue weighted by Crippen LogP contribution is 2.27. The quantitative estimate of drug-likeness (QED) is 0.476. The zero-order valence-corrected chi connectivity index (χ0v) is 17.1. The summed E-state index contributed by atoms with van der Waals surface area (Å²) < 4.78 is 13.0. The summed E-state index contributed by atoms with van der Waals surface area (Å²) in [5.41, 5.74) is 0.676. The zero-order chi connectivity index (χ0) is 20.5.